The number of hydrogen-bond acceptors (Lipinski definition) is 5. The van der Waals surface area contributed by atoms with Crippen LogP contribution in [0.15, 0.2) is 30.6 Å². The number of hydrogen-bond donors (Lipinski definition) is 2. The minimum atomic E-state index is -0.271. The monoisotopic (exact) mass is 459 g/mol. The smallest absolute Gasteiger partial charge is 0.259 e. The molecule has 0 bridgehead atoms. The van der Waals surface area contributed by atoms with Crippen LogP contribution in [0.5, 0.6) is 0 Å². The molecule has 1 fully saturated rings. The molecule has 0 spiro atoms. The second-order valence-corrected chi connectivity index (χ2v) is 9.29. The highest BCUT2D eigenvalue weighted by atomic mass is 16.5. The SMILES string of the molecule is COCc1ccc(NC(=O)c2c(C#CCC3CCCCC3)c(C(C)C)n3ncnc(N)c23)cc1. The normalized spacial score (nSPS) is 14.2. The van der Waals surface area contributed by atoms with E-state index in [0.717, 1.165) is 17.7 Å². The van der Waals surface area contributed by atoms with Gasteiger partial charge >= 0.3 is 0 Å². The van der Waals surface area contributed by atoms with Gasteiger partial charge in [-0.15, -0.1) is 0 Å². The zero-order valence-corrected chi connectivity index (χ0v) is 20.2. The van der Waals surface area contributed by atoms with E-state index in [0.29, 0.717) is 34.9 Å². The lowest BCUT2D eigenvalue weighted by atomic mass is 9.87. The Morgan fingerprint density at radius 2 is 1.97 bits per heavy atom. The van der Waals surface area contributed by atoms with E-state index in [1.54, 1.807) is 11.6 Å². The van der Waals surface area contributed by atoms with Gasteiger partial charge in [0.15, 0.2) is 5.82 Å². The summed E-state index contributed by atoms with van der Waals surface area (Å²) in [4.78, 5) is 17.7. The maximum absolute atomic E-state index is 13.6. The topological polar surface area (TPSA) is 94.5 Å². The van der Waals surface area contributed by atoms with Crippen molar-refractivity contribution < 1.29 is 9.53 Å². The number of amides is 1. The molecule has 2 heterocycles. The zero-order valence-electron chi connectivity index (χ0n) is 20.2. The fourth-order valence-electron chi connectivity index (χ4n) is 4.74. The van der Waals surface area contributed by atoms with Crippen LogP contribution < -0.4 is 11.1 Å². The fraction of sp³-hybridized carbons (Fsp3) is 0.444. The molecule has 7 heteroatoms. The van der Waals surface area contributed by atoms with Gasteiger partial charge in [0.1, 0.15) is 11.8 Å². The molecule has 0 atom stereocenters. The molecule has 7 nitrogen and oxygen atoms in total. The molecule has 4 rings (SSSR count). The highest BCUT2D eigenvalue weighted by Gasteiger charge is 2.27. The van der Waals surface area contributed by atoms with Gasteiger partial charge in [0.05, 0.1) is 23.4 Å². The number of nitrogens with two attached hydrogens (primary N) is 1. The molecule has 3 aromatic rings. The van der Waals surface area contributed by atoms with Crippen molar-refractivity contribution in [3.8, 4) is 11.8 Å². The third-order valence-electron chi connectivity index (χ3n) is 6.42. The van der Waals surface area contributed by atoms with E-state index in [2.05, 4.69) is 41.1 Å². The van der Waals surface area contributed by atoms with Crippen LogP contribution in [0.3, 0.4) is 0 Å². The highest BCUT2D eigenvalue weighted by Crippen LogP contribution is 2.31. The van der Waals surface area contributed by atoms with Crippen molar-refractivity contribution >= 4 is 22.9 Å². The number of nitrogen functional groups attached to an aromatic ring is 1. The number of nitrogens with zero attached hydrogens (tertiary/aromatic N) is 3. The van der Waals surface area contributed by atoms with Crippen LogP contribution in [0.2, 0.25) is 0 Å². The Morgan fingerprint density at radius 3 is 2.65 bits per heavy atom. The Hall–Kier alpha value is -3.37. The lowest BCUT2D eigenvalue weighted by Crippen LogP contribution is -2.14. The molecule has 0 unspecified atom stereocenters. The zero-order chi connectivity index (χ0) is 24.1. The maximum Gasteiger partial charge on any atom is 0.259 e. The molecular formula is C27H33N5O2. The average Bonchev–Trinajstić information content (AvgIpc) is 3.17. The highest BCUT2D eigenvalue weighted by molar-refractivity contribution is 6.13. The molecule has 1 amide bonds. The first-order chi connectivity index (χ1) is 16.5. The Labute approximate surface area is 201 Å². The summed E-state index contributed by atoms with van der Waals surface area (Å²) in [5, 5.41) is 7.44. The number of nitrogens with one attached hydrogen (secondary N) is 1. The van der Waals surface area contributed by atoms with Gasteiger partial charge in [-0.3, -0.25) is 4.79 Å². The van der Waals surface area contributed by atoms with E-state index >= 15 is 0 Å². The summed E-state index contributed by atoms with van der Waals surface area (Å²) in [6.45, 7) is 4.66. The van der Waals surface area contributed by atoms with Crippen molar-refractivity contribution in [2.24, 2.45) is 5.92 Å². The first kappa shape index (κ1) is 23.8. The largest absolute Gasteiger partial charge is 0.382 e. The fourth-order valence-corrected chi connectivity index (χ4v) is 4.74. The van der Waals surface area contributed by atoms with Crippen molar-refractivity contribution in [3.05, 3.63) is 53.0 Å². The van der Waals surface area contributed by atoms with Crippen LogP contribution in [-0.2, 0) is 11.3 Å². The van der Waals surface area contributed by atoms with Gasteiger partial charge in [-0.05, 0) is 42.4 Å². The van der Waals surface area contributed by atoms with Crippen LogP contribution in [0.1, 0.15) is 85.5 Å². The number of anilines is 2. The van der Waals surface area contributed by atoms with E-state index in [4.69, 9.17) is 10.5 Å². The Balaban J connectivity index is 1.74. The third kappa shape index (κ3) is 5.07. The minimum absolute atomic E-state index is 0.0932. The van der Waals surface area contributed by atoms with Crippen LogP contribution in [0, 0.1) is 17.8 Å². The van der Waals surface area contributed by atoms with Gasteiger partial charge in [0.25, 0.3) is 5.91 Å². The summed E-state index contributed by atoms with van der Waals surface area (Å²) in [5.41, 5.74) is 10.5. The minimum Gasteiger partial charge on any atom is -0.382 e. The molecule has 0 saturated heterocycles. The summed E-state index contributed by atoms with van der Waals surface area (Å²) in [6, 6.07) is 7.59. The second kappa shape index (κ2) is 10.7. The van der Waals surface area contributed by atoms with Crippen LogP contribution >= 0.6 is 0 Å². The van der Waals surface area contributed by atoms with Gasteiger partial charge in [0, 0.05) is 19.2 Å². The lowest BCUT2D eigenvalue weighted by molar-refractivity contribution is 0.102. The number of rotatable bonds is 6. The van der Waals surface area contributed by atoms with E-state index in [1.807, 2.05) is 24.3 Å². The lowest BCUT2D eigenvalue weighted by Gasteiger charge is -2.18. The molecule has 2 aromatic heterocycles. The predicted octanol–water partition coefficient (Wildman–Crippen LogP) is 5.16. The van der Waals surface area contributed by atoms with E-state index in [-0.39, 0.29) is 17.6 Å². The number of carbonyl (C=O) groups is 1. The number of benzene rings is 1. The molecular weight excluding hydrogens is 426 g/mol. The number of ether oxygens (including phenoxy) is 1. The summed E-state index contributed by atoms with van der Waals surface area (Å²) in [6.07, 6.45) is 8.60. The maximum atomic E-state index is 13.6. The van der Waals surface area contributed by atoms with Gasteiger partial charge in [-0.25, -0.2) is 9.50 Å². The van der Waals surface area contributed by atoms with Crippen LogP contribution in [0.4, 0.5) is 11.5 Å². The summed E-state index contributed by atoms with van der Waals surface area (Å²) in [5.74, 6) is 7.45. The van der Waals surface area contributed by atoms with Crippen molar-refractivity contribution in [1.29, 1.82) is 0 Å². The summed E-state index contributed by atoms with van der Waals surface area (Å²) < 4.78 is 6.90. The van der Waals surface area contributed by atoms with Gasteiger partial charge in [-0.1, -0.05) is 57.1 Å². The second-order valence-electron chi connectivity index (χ2n) is 9.29. The summed E-state index contributed by atoms with van der Waals surface area (Å²) in [7, 11) is 1.66. The molecule has 1 aliphatic rings. The van der Waals surface area contributed by atoms with Gasteiger partial charge < -0.3 is 15.8 Å². The van der Waals surface area contributed by atoms with E-state index in [9.17, 15) is 4.79 Å². The van der Waals surface area contributed by atoms with Gasteiger partial charge in [-0.2, -0.15) is 5.10 Å². The Kier molecular flexibility index (Phi) is 7.49. The summed E-state index contributed by atoms with van der Waals surface area (Å²) >= 11 is 0. The van der Waals surface area contributed by atoms with Crippen molar-refractivity contribution in [3.63, 3.8) is 0 Å². The van der Waals surface area contributed by atoms with Crippen LogP contribution in [0.25, 0.3) is 5.52 Å². The van der Waals surface area contributed by atoms with E-state index in [1.165, 1.54) is 38.4 Å². The molecule has 1 aliphatic carbocycles. The molecule has 0 radical (unpaired) electrons. The molecule has 178 valence electrons. The molecule has 1 aromatic carbocycles. The van der Waals surface area contributed by atoms with E-state index < -0.39 is 0 Å². The van der Waals surface area contributed by atoms with Crippen molar-refractivity contribution in [2.75, 3.05) is 18.2 Å². The standard InChI is InChI=1S/C27H33N5O2/c1-18(2)24-22(11-7-10-19-8-5-4-6-9-19)23(25-26(28)29-17-30-32(24)25)27(33)31-21-14-12-20(13-15-21)16-34-3/h12-15,17-19H,4-6,8-10,16H2,1-3H3,(H,31,33)(H2,28,29,30). The number of aromatic nitrogens is 3. The quantitative estimate of drug-likeness (QED) is 0.497. The first-order valence-electron chi connectivity index (χ1n) is 12.0. The Morgan fingerprint density at radius 1 is 1.24 bits per heavy atom. The molecule has 3 N–H and O–H groups in total. The number of methoxy groups -OCH3 is 1. The first-order valence-corrected chi connectivity index (χ1v) is 12.0. The Bertz CT molecular complexity index is 1210. The number of fused-ring (bicyclic) bond motifs is 1. The molecule has 1 saturated carbocycles. The van der Waals surface area contributed by atoms with Gasteiger partial charge in [0.2, 0.25) is 0 Å². The average molecular weight is 460 g/mol. The predicted molar refractivity (Wildman–Crippen MR) is 135 cm³/mol. The third-order valence-corrected chi connectivity index (χ3v) is 6.42. The molecule has 34 heavy (non-hydrogen) atoms. The van der Waals surface area contributed by atoms with Crippen molar-refractivity contribution in [2.45, 2.75) is 64.9 Å². The van der Waals surface area contributed by atoms with Crippen LogP contribution in [-0.4, -0.2) is 27.6 Å². The molecule has 0 aliphatic heterocycles. The van der Waals surface area contributed by atoms with Crippen molar-refractivity contribution in [1.82, 2.24) is 14.6 Å². The number of carbonyl (C=O) groups excluding carboxylic acids is 1.